The van der Waals surface area contributed by atoms with Gasteiger partial charge >= 0.3 is 0 Å². The highest BCUT2D eigenvalue weighted by Gasteiger charge is 2.15. The Labute approximate surface area is 99.8 Å². The number of halogens is 1. The molecule has 1 atom stereocenters. The smallest absolute Gasteiger partial charge is 0.128 e. The van der Waals surface area contributed by atoms with Crippen molar-refractivity contribution in [3.8, 4) is 0 Å². The molecule has 1 aliphatic carbocycles. The summed E-state index contributed by atoms with van der Waals surface area (Å²) in [6.45, 7) is 2.20. The predicted octanol–water partition coefficient (Wildman–Crippen LogP) is 2.79. The molecule has 0 spiro atoms. The molecule has 3 heteroatoms. The second kappa shape index (κ2) is 4.52. The lowest BCUT2D eigenvalue weighted by Gasteiger charge is -2.24. The normalized spacial score (nSPS) is 16.2. The van der Waals surface area contributed by atoms with Gasteiger partial charge in [0.25, 0.3) is 0 Å². The van der Waals surface area contributed by atoms with Crippen molar-refractivity contribution in [2.24, 2.45) is 0 Å². The summed E-state index contributed by atoms with van der Waals surface area (Å²) >= 11 is 3.51. The third-order valence-electron chi connectivity index (χ3n) is 3.16. The van der Waals surface area contributed by atoms with E-state index in [2.05, 4.69) is 46.9 Å². The first-order chi connectivity index (χ1) is 7.22. The van der Waals surface area contributed by atoms with Crippen molar-refractivity contribution in [1.29, 1.82) is 0 Å². The van der Waals surface area contributed by atoms with Crippen LogP contribution in [0.1, 0.15) is 24.6 Å². The zero-order chi connectivity index (χ0) is 10.8. The van der Waals surface area contributed by atoms with Crippen molar-refractivity contribution >= 4 is 21.7 Å². The molecule has 0 aliphatic heterocycles. The zero-order valence-corrected chi connectivity index (χ0v) is 10.9. The van der Waals surface area contributed by atoms with Gasteiger partial charge in [-0.1, -0.05) is 22.0 Å². The van der Waals surface area contributed by atoms with Gasteiger partial charge in [-0.25, -0.2) is 4.98 Å². The minimum absolute atomic E-state index is 0.483. The van der Waals surface area contributed by atoms with Crippen LogP contribution in [0.5, 0.6) is 0 Å². The maximum Gasteiger partial charge on any atom is 0.128 e. The Morgan fingerprint density at radius 1 is 1.47 bits per heavy atom. The van der Waals surface area contributed by atoms with Crippen molar-refractivity contribution in [2.45, 2.75) is 32.2 Å². The van der Waals surface area contributed by atoms with E-state index in [4.69, 9.17) is 4.98 Å². The molecule has 1 unspecified atom stereocenters. The van der Waals surface area contributed by atoms with Crippen LogP contribution in [0.3, 0.4) is 0 Å². The highest BCUT2D eigenvalue weighted by molar-refractivity contribution is 9.09. The van der Waals surface area contributed by atoms with Gasteiger partial charge in [0, 0.05) is 24.1 Å². The molecular weight excluding hydrogens is 252 g/mol. The average molecular weight is 269 g/mol. The molecule has 0 amide bonds. The van der Waals surface area contributed by atoms with Crippen molar-refractivity contribution in [3.05, 3.63) is 23.4 Å². The van der Waals surface area contributed by atoms with E-state index >= 15 is 0 Å². The van der Waals surface area contributed by atoms with Gasteiger partial charge in [0.1, 0.15) is 5.82 Å². The fraction of sp³-hybridized carbons (Fsp3) is 0.583. The average Bonchev–Trinajstić information content (AvgIpc) is 2.73. The molecule has 2 nitrogen and oxygen atoms in total. The summed E-state index contributed by atoms with van der Waals surface area (Å²) in [6, 6.07) is 4.86. The number of pyridine rings is 1. The monoisotopic (exact) mass is 268 g/mol. The minimum atomic E-state index is 0.483. The molecule has 0 N–H and O–H groups in total. The molecule has 1 aromatic heterocycles. The number of aryl methyl sites for hydroxylation is 2. The Morgan fingerprint density at radius 3 is 3.00 bits per heavy atom. The van der Waals surface area contributed by atoms with Crippen molar-refractivity contribution in [2.75, 3.05) is 17.3 Å². The van der Waals surface area contributed by atoms with Crippen LogP contribution in [0.4, 0.5) is 5.82 Å². The lowest BCUT2D eigenvalue weighted by Crippen LogP contribution is -2.30. The van der Waals surface area contributed by atoms with Crippen molar-refractivity contribution < 1.29 is 0 Å². The van der Waals surface area contributed by atoms with Gasteiger partial charge in [-0.3, -0.25) is 0 Å². The summed E-state index contributed by atoms with van der Waals surface area (Å²) in [6.07, 6.45) is 3.63. The maximum absolute atomic E-state index is 4.73. The number of fused-ring (bicyclic) bond motifs is 1. The second-order valence-electron chi connectivity index (χ2n) is 4.24. The Balaban J connectivity index is 2.22. The van der Waals surface area contributed by atoms with Crippen LogP contribution in [0.2, 0.25) is 0 Å². The third-order valence-corrected chi connectivity index (χ3v) is 4.10. The summed E-state index contributed by atoms with van der Waals surface area (Å²) in [5.41, 5.74) is 2.75. The van der Waals surface area contributed by atoms with Crippen molar-refractivity contribution in [3.63, 3.8) is 0 Å². The molecule has 1 heterocycles. The first-order valence-corrected chi connectivity index (χ1v) is 6.62. The highest BCUT2D eigenvalue weighted by atomic mass is 79.9. The van der Waals surface area contributed by atoms with Gasteiger partial charge in [-0.05, 0) is 37.8 Å². The van der Waals surface area contributed by atoms with Crippen LogP contribution < -0.4 is 4.90 Å². The van der Waals surface area contributed by atoms with E-state index in [1.807, 2.05) is 0 Å². The first kappa shape index (κ1) is 10.9. The van der Waals surface area contributed by atoms with E-state index in [-0.39, 0.29) is 0 Å². The van der Waals surface area contributed by atoms with Crippen LogP contribution in [0, 0.1) is 0 Å². The predicted molar refractivity (Wildman–Crippen MR) is 67.9 cm³/mol. The molecule has 0 radical (unpaired) electrons. The van der Waals surface area contributed by atoms with Crippen molar-refractivity contribution in [1.82, 2.24) is 4.98 Å². The third kappa shape index (κ3) is 2.17. The van der Waals surface area contributed by atoms with Gasteiger partial charge in [0.05, 0.1) is 0 Å². The molecule has 1 aliphatic rings. The molecule has 15 heavy (non-hydrogen) atoms. The fourth-order valence-electron chi connectivity index (χ4n) is 1.93. The van der Waals surface area contributed by atoms with E-state index in [0.717, 1.165) is 17.6 Å². The lowest BCUT2D eigenvalue weighted by atomic mass is 10.2. The number of hydrogen-bond donors (Lipinski definition) is 0. The number of aromatic nitrogens is 1. The molecule has 82 valence electrons. The molecule has 0 saturated heterocycles. The summed E-state index contributed by atoms with van der Waals surface area (Å²) in [5.74, 6) is 1.10. The number of nitrogens with zero attached hydrogens (tertiary/aromatic N) is 2. The summed E-state index contributed by atoms with van der Waals surface area (Å²) in [5, 5.41) is 0.974. The van der Waals surface area contributed by atoms with Crippen LogP contribution in [-0.4, -0.2) is 23.4 Å². The standard InChI is InChI=1S/C12H17BrN2/c1-9(8-13)15(2)12-7-6-10-4-3-5-11(10)14-12/h6-7,9H,3-5,8H2,1-2H3. The Kier molecular flexibility index (Phi) is 3.29. The van der Waals surface area contributed by atoms with E-state index < -0.39 is 0 Å². The Bertz CT molecular complexity index is 351. The molecule has 2 rings (SSSR count). The van der Waals surface area contributed by atoms with Crippen LogP contribution >= 0.6 is 15.9 Å². The molecular formula is C12H17BrN2. The minimum Gasteiger partial charge on any atom is -0.356 e. The Morgan fingerprint density at radius 2 is 2.27 bits per heavy atom. The maximum atomic E-state index is 4.73. The summed E-state index contributed by atoms with van der Waals surface area (Å²) < 4.78 is 0. The fourth-order valence-corrected chi connectivity index (χ4v) is 2.37. The van der Waals surface area contributed by atoms with Gasteiger partial charge in [0.2, 0.25) is 0 Å². The van der Waals surface area contributed by atoms with E-state index in [0.29, 0.717) is 6.04 Å². The van der Waals surface area contributed by atoms with Gasteiger partial charge in [-0.2, -0.15) is 0 Å². The largest absolute Gasteiger partial charge is 0.356 e. The molecule has 0 aromatic carbocycles. The number of anilines is 1. The zero-order valence-electron chi connectivity index (χ0n) is 9.33. The topological polar surface area (TPSA) is 16.1 Å². The Hall–Kier alpha value is -0.570. The summed E-state index contributed by atoms with van der Waals surface area (Å²) in [4.78, 5) is 6.96. The number of hydrogen-bond acceptors (Lipinski definition) is 2. The van der Waals surface area contributed by atoms with Gasteiger partial charge in [-0.15, -0.1) is 0 Å². The SMILES string of the molecule is CC(CBr)N(C)c1ccc2c(n1)CCC2. The van der Waals surface area contributed by atoms with Crippen LogP contribution in [-0.2, 0) is 12.8 Å². The number of alkyl halides is 1. The first-order valence-electron chi connectivity index (χ1n) is 5.50. The van der Waals surface area contributed by atoms with Crippen LogP contribution in [0.15, 0.2) is 12.1 Å². The molecule has 0 fully saturated rings. The van der Waals surface area contributed by atoms with Crippen LogP contribution in [0.25, 0.3) is 0 Å². The van der Waals surface area contributed by atoms with E-state index in [9.17, 15) is 0 Å². The van der Waals surface area contributed by atoms with E-state index in [1.54, 1.807) is 0 Å². The molecule has 1 aromatic rings. The lowest BCUT2D eigenvalue weighted by molar-refractivity contribution is 0.754. The second-order valence-corrected chi connectivity index (χ2v) is 4.89. The highest BCUT2D eigenvalue weighted by Crippen LogP contribution is 2.23. The van der Waals surface area contributed by atoms with Gasteiger partial charge < -0.3 is 4.90 Å². The quantitative estimate of drug-likeness (QED) is 0.784. The number of rotatable bonds is 3. The van der Waals surface area contributed by atoms with Gasteiger partial charge in [0.15, 0.2) is 0 Å². The van der Waals surface area contributed by atoms with E-state index in [1.165, 1.54) is 24.1 Å². The summed E-state index contributed by atoms with van der Waals surface area (Å²) in [7, 11) is 2.11. The molecule has 0 saturated carbocycles. The molecule has 0 bridgehead atoms.